The first-order valence-electron chi connectivity index (χ1n) is 5.60. The molecule has 0 radical (unpaired) electrons. The van der Waals surface area contributed by atoms with Crippen molar-refractivity contribution in [1.82, 2.24) is 0 Å². The number of hydrogen-bond donors (Lipinski definition) is 0. The molecule has 0 heterocycles. The van der Waals surface area contributed by atoms with Crippen LogP contribution in [0.4, 0.5) is 0 Å². The van der Waals surface area contributed by atoms with Crippen LogP contribution in [-0.4, -0.2) is 17.4 Å². The Hall–Kier alpha value is -1.12. The summed E-state index contributed by atoms with van der Waals surface area (Å²) in [5.74, 6) is -0.598. The maximum absolute atomic E-state index is 11.8. The average Bonchev–Trinajstić information content (AvgIpc) is 2.06. The molecule has 1 rings (SSSR count). The molecule has 0 saturated carbocycles. The van der Waals surface area contributed by atoms with Crippen molar-refractivity contribution in [3.8, 4) is 0 Å². The summed E-state index contributed by atoms with van der Waals surface area (Å²) < 4.78 is 5.21. The van der Waals surface area contributed by atoms with Crippen molar-refractivity contribution < 1.29 is 14.3 Å². The van der Waals surface area contributed by atoms with Crippen molar-refractivity contribution in [1.29, 1.82) is 0 Å². The number of hydrogen-bond acceptors (Lipinski definition) is 3. The minimum Gasteiger partial charge on any atom is -0.456 e. The van der Waals surface area contributed by atoms with Crippen molar-refractivity contribution in [2.75, 3.05) is 0 Å². The lowest BCUT2D eigenvalue weighted by atomic mass is 9.79. The molecule has 0 aromatic rings. The molecule has 0 unspecified atom stereocenters. The van der Waals surface area contributed by atoms with Crippen molar-refractivity contribution in [3.05, 3.63) is 11.6 Å². The normalized spacial score (nSPS) is 20.3. The standard InChI is InChI=1S/C13H20O3/c1-12(2,3)16-11(15)9-8-13(4,5)7-6-10(9)14/h8H,6-7H2,1-5H3. The Labute approximate surface area is 96.9 Å². The van der Waals surface area contributed by atoms with Crippen molar-refractivity contribution in [2.24, 2.45) is 5.41 Å². The van der Waals surface area contributed by atoms with E-state index in [0.717, 1.165) is 6.42 Å². The molecule has 0 fully saturated rings. The lowest BCUT2D eigenvalue weighted by molar-refractivity contribution is -0.151. The number of carbonyl (C=O) groups is 2. The Kier molecular flexibility index (Phi) is 3.27. The van der Waals surface area contributed by atoms with Crippen LogP contribution < -0.4 is 0 Å². The van der Waals surface area contributed by atoms with E-state index in [2.05, 4.69) is 0 Å². The maximum atomic E-state index is 11.8. The van der Waals surface area contributed by atoms with Gasteiger partial charge in [0.1, 0.15) is 5.60 Å². The van der Waals surface area contributed by atoms with Gasteiger partial charge in [-0.2, -0.15) is 0 Å². The summed E-state index contributed by atoms with van der Waals surface area (Å²) in [7, 11) is 0. The quantitative estimate of drug-likeness (QED) is 0.508. The number of allylic oxidation sites excluding steroid dienone is 1. The highest BCUT2D eigenvalue weighted by Gasteiger charge is 2.32. The Balaban J connectivity index is 2.90. The molecular weight excluding hydrogens is 204 g/mol. The van der Waals surface area contributed by atoms with E-state index in [1.165, 1.54) is 0 Å². The molecule has 90 valence electrons. The predicted molar refractivity (Wildman–Crippen MR) is 62.0 cm³/mol. The Morgan fingerprint density at radius 1 is 1.38 bits per heavy atom. The van der Waals surface area contributed by atoms with E-state index in [4.69, 9.17) is 4.74 Å². The number of esters is 1. The van der Waals surface area contributed by atoms with Gasteiger partial charge in [-0.25, -0.2) is 4.79 Å². The maximum Gasteiger partial charge on any atom is 0.341 e. The van der Waals surface area contributed by atoms with Gasteiger partial charge in [-0.15, -0.1) is 0 Å². The third-order valence-electron chi connectivity index (χ3n) is 2.45. The second kappa shape index (κ2) is 4.04. The Bertz CT molecular complexity index is 343. The Morgan fingerprint density at radius 3 is 2.44 bits per heavy atom. The minimum atomic E-state index is -0.556. The van der Waals surface area contributed by atoms with Gasteiger partial charge in [-0.3, -0.25) is 4.79 Å². The summed E-state index contributed by atoms with van der Waals surface area (Å²) in [4.78, 5) is 23.4. The molecule has 1 aliphatic rings. The summed E-state index contributed by atoms with van der Waals surface area (Å²) in [5.41, 5.74) is -0.439. The van der Waals surface area contributed by atoms with E-state index in [1.807, 2.05) is 13.8 Å². The zero-order valence-electron chi connectivity index (χ0n) is 10.7. The molecule has 16 heavy (non-hydrogen) atoms. The fourth-order valence-corrected chi connectivity index (χ4v) is 1.62. The van der Waals surface area contributed by atoms with Crippen LogP contribution in [0.5, 0.6) is 0 Å². The summed E-state index contributed by atoms with van der Waals surface area (Å²) in [6.45, 7) is 9.42. The third-order valence-corrected chi connectivity index (χ3v) is 2.45. The topological polar surface area (TPSA) is 43.4 Å². The molecule has 1 aliphatic carbocycles. The van der Waals surface area contributed by atoms with Gasteiger partial charge in [0.2, 0.25) is 0 Å². The van der Waals surface area contributed by atoms with E-state index < -0.39 is 11.6 Å². The van der Waals surface area contributed by atoms with Gasteiger partial charge in [-0.05, 0) is 32.6 Å². The molecule has 0 spiro atoms. The van der Waals surface area contributed by atoms with Crippen LogP contribution >= 0.6 is 0 Å². The van der Waals surface area contributed by atoms with Crippen LogP contribution in [-0.2, 0) is 14.3 Å². The van der Waals surface area contributed by atoms with Crippen LogP contribution in [0.2, 0.25) is 0 Å². The molecule has 0 atom stereocenters. The number of ether oxygens (including phenoxy) is 1. The molecule has 3 nitrogen and oxygen atoms in total. The predicted octanol–water partition coefficient (Wildman–Crippen LogP) is 2.64. The van der Waals surface area contributed by atoms with E-state index in [-0.39, 0.29) is 16.8 Å². The lowest BCUT2D eigenvalue weighted by Gasteiger charge is -2.27. The van der Waals surface area contributed by atoms with Crippen molar-refractivity contribution in [3.63, 3.8) is 0 Å². The molecule has 0 saturated heterocycles. The number of rotatable bonds is 1. The first kappa shape index (κ1) is 12.9. The second-order valence-corrected chi connectivity index (χ2v) is 5.97. The largest absolute Gasteiger partial charge is 0.456 e. The first-order chi connectivity index (χ1) is 7.11. The molecule has 0 amide bonds. The molecule has 0 aromatic heterocycles. The fraction of sp³-hybridized carbons (Fsp3) is 0.692. The van der Waals surface area contributed by atoms with E-state index in [1.54, 1.807) is 26.8 Å². The average molecular weight is 224 g/mol. The molecule has 0 aliphatic heterocycles. The Morgan fingerprint density at radius 2 is 1.94 bits per heavy atom. The third kappa shape index (κ3) is 3.47. The smallest absolute Gasteiger partial charge is 0.341 e. The van der Waals surface area contributed by atoms with E-state index in [0.29, 0.717) is 6.42 Å². The first-order valence-corrected chi connectivity index (χ1v) is 5.60. The molecule has 3 heteroatoms. The highest BCUT2D eigenvalue weighted by atomic mass is 16.6. The summed E-state index contributed by atoms with van der Waals surface area (Å²) in [5, 5.41) is 0. The zero-order valence-corrected chi connectivity index (χ0v) is 10.7. The second-order valence-electron chi connectivity index (χ2n) is 5.97. The number of ketones is 1. The van der Waals surface area contributed by atoms with Gasteiger partial charge in [-0.1, -0.05) is 19.9 Å². The molecule has 0 aromatic carbocycles. The zero-order chi connectivity index (χ0) is 12.6. The minimum absolute atomic E-state index is 0.0971. The highest BCUT2D eigenvalue weighted by Crippen LogP contribution is 2.32. The molecule has 0 bridgehead atoms. The van der Waals surface area contributed by atoms with Crippen molar-refractivity contribution in [2.45, 2.75) is 53.1 Å². The summed E-state index contributed by atoms with van der Waals surface area (Å²) in [6.07, 6.45) is 2.96. The van der Waals surface area contributed by atoms with Crippen LogP contribution in [0.1, 0.15) is 47.5 Å². The van der Waals surface area contributed by atoms with E-state index in [9.17, 15) is 9.59 Å². The lowest BCUT2D eigenvalue weighted by Crippen LogP contribution is -2.30. The van der Waals surface area contributed by atoms with Gasteiger partial charge < -0.3 is 4.74 Å². The van der Waals surface area contributed by atoms with E-state index >= 15 is 0 Å². The highest BCUT2D eigenvalue weighted by molar-refractivity contribution is 6.17. The van der Waals surface area contributed by atoms with Crippen LogP contribution in [0, 0.1) is 5.41 Å². The van der Waals surface area contributed by atoms with Gasteiger partial charge in [0.05, 0.1) is 5.57 Å². The van der Waals surface area contributed by atoms with Gasteiger partial charge in [0.15, 0.2) is 5.78 Å². The summed E-state index contributed by atoms with van der Waals surface area (Å²) in [6, 6.07) is 0. The molecule has 0 N–H and O–H groups in total. The van der Waals surface area contributed by atoms with Crippen LogP contribution in [0.25, 0.3) is 0 Å². The number of carbonyl (C=O) groups excluding carboxylic acids is 2. The summed E-state index contributed by atoms with van der Waals surface area (Å²) >= 11 is 0. The van der Waals surface area contributed by atoms with Gasteiger partial charge in [0, 0.05) is 6.42 Å². The van der Waals surface area contributed by atoms with Crippen LogP contribution in [0.15, 0.2) is 11.6 Å². The van der Waals surface area contributed by atoms with Gasteiger partial charge in [0.25, 0.3) is 0 Å². The monoisotopic (exact) mass is 224 g/mol. The van der Waals surface area contributed by atoms with Crippen LogP contribution in [0.3, 0.4) is 0 Å². The van der Waals surface area contributed by atoms with Gasteiger partial charge >= 0.3 is 5.97 Å². The molecular formula is C13H20O3. The SMILES string of the molecule is CC1(C)C=C(C(=O)OC(C)(C)C)C(=O)CC1. The number of Topliss-reactive ketones (excluding diaryl/α,β-unsaturated/α-hetero) is 1. The van der Waals surface area contributed by atoms with Crippen molar-refractivity contribution >= 4 is 11.8 Å². The fourth-order valence-electron chi connectivity index (χ4n) is 1.62.